The lowest BCUT2D eigenvalue weighted by atomic mass is 10.1. The van der Waals surface area contributed by atoms with Gasteiger partial charge in [0.25, 0.3) is 0 Å². The normalized spacial score (nSPS) is 12.4. The van der Waals surface area contributed by atoms with E-state index in [1.807, 2.05) is 0 Å². The molecule has 0 spiro atoms. The zero-order valence-corrected chi connectivity index (χ0v) is 11.6. The van der Waals surface area contributed by atoms with E-state index in [0.717, 1.165) is 17.8 Å². The molecule has 0 aliphatic heterocycles. The minimum absolute atomic E-state index is 0.0295. The average molecular weight is 298 g/mol. The predicted molar refractivity (Wildman–Crippen MR) is 73.2 cm³/mol. The summed E-state index contributed by atoms with van der Waals surface area (Å²) < 4.78 is 40.9. The summed E-state index contributed by atoms with van der Waals surface area (Å²) in [6, 6.07) is 8.48. The zero-order chi connectivity index (χ0) is 14.7. The quantitative estimate of drug-likeness (QED) is 0.852. The Morgan fingerprint density at radius 3 is 2.45 bits per heavy atom. The van der Waals surface area contributed by atoms with E-state index in [-0.39, 0.29) is 16.9 Å². The number of halogens is 3. The maximum atomic E-state index is 13.8. The molecular formula is C15H13F3OS. The molecule has 1 nitrogen and oxygen atoms in total. The number of thioether (sulfide) groups is 1. The largest absolute Gasteiger partial charge is 0.387 e. The lowest BCUT2D eigenvalue weighted by Crippen LogP contribution is -2.08. The van der Waals surface area contributed by atoms with Crippen LogP contribution < -0.4 is 0 Å². The van der Waals surface area contributed by atoms with Crippen LogP contribution in [0.4, 0.5) is 13.2 Å². The van der Waals surface area contributed by atoms with Crippen LogP contribution in [0.25, 0.3) is 0 Å². The van der Waals surface area contributed by atoms with Gasteiger partial charge in [-0.25, -0.2) is 13.2 Å². The SMILES string of the molecule is Cc1ccc(F)c(C(O)CSc2ccccc2F)c1F. The Labute approximate surface area is 119 Å². The van der Waals surface area contributed by atoms with Gasteiger partial charge in [0.15, 0.2) is 0 Å². The van der Waals surface area contributed by atoms with E-state index in [1.165, 1.54) is 19.1 Å². The van der Waals surface area contributed by atoms with Crippen LogP contribution >= 0.6 is 11.8 Å². The van der Waals surface area contributed by atoms with Gasteiger partial charge in [0.2, 0.25) is 0 Å². The molecule has 0 fully saturated rings. The molecule has 106 valence electrons. The molecule has 1 N–H and O–H groups in total. The molecule has 2 aromatic carbocycles. The van der Waals surface area contributed by atoms with Crippen molar-refractivity contribution in [2.24, 2.45) is 0 Å². The van der Waals surface area contributed by atoms with Crippen LogP contribution in [0.5, 0.6) is 0 Å². The predicted octanol–water partition coefficient (Wildman–Crippen LogP) is 4.24. The summed E-state index contributed by atoms with van der Waals surface area (Å²) in [4.78, 5) is 0.333. The first-order chi connectivity index (χ1) is 9.50. The first-order valence-corrected chi connectivity index (χ1v) is 6.99. The second-order valence-corrected chi connectivity index (χ2v) is 5.41. The molecule has 1 unspecified atom stereocenters. The number of hydrogen-bond acceptors (Lipinski definition) is 2. The van der Waals surface area contributed by atoms with Crippen molar-refractivity contribution < 1.29 is 18.3 Å². The monoisotopic (exact) mass is 298 g/mol. The van der Waals surface area contributed by atoms with Crippen LogP contribution in [0, 0.1) is 24.4 Å². The van der Waals surface area contributed by atoms with E-state index in [2.05, 4.69) is 0 Å². The molecule has 0 aromatic heterocycles. The van der Waals surface area contributed by atoms with Gasteiger partial charge >= 0.3 is 0 Å². The van der Waals surface area contributed by atoms with Crippen molar-refractivity contribution in [3.63, 3.8) is 0 Å². The van der Waals surface area contributed by atoms with Gasteiger partial charge in [0, 0.05) is 10.6 Å². The Hall–Kier alpha value is -1.46. The standard InChI is InChI=1S/C15H13F3OS/c1-9-6-7-11(17)14(15(9)18)12(19)8-20-13-5-3-2-4-10(13)16/h2-7,12,19H,8H2,1H3. The topological polar surface area (TPSA) is 20.2 Å². The molecule has 1 atom stereocenters. The Morgan fingerprint density at radius 2 is 1.75 bits per heavy atom. The number of aryl methyl sites for hydroxylation is 1. The first-order valence-electron chi connectivity index (χ1n) is 6.00. The second kappa shape index (κ2) is 6.33. The summed E-state index contributed by atoms with van der Waals surface area (Å²) in [5.41, 5.74) is -0.106. The van der Waals surface area contributed by atoms with Crippen molar-refractivity contribution in [2.45, 2.75) is 17.9 Å². The van der Waals surface area contributed by atoms with E-state index in [9.17, 15) is 18.3 Å². The van der Waals surface area contributed by atoms with E-state index in [4.69, 9.17) is 0 Å². The molecule has 0 heterocycles. The molecule has 0 saturated carbocycles. The van der Waals surface area contributed by atoms with Crippen LogP contribution in [0.1, 0.15) is 17.2 Å². The fraction of sp³-hybridized carbons (Fsp3) is 0.200. The molecule has 20 heavy (non-hydrogen) atoms. The highest BCUT2D eigenvalue weighted by Crippen LogP contribution is 2.30. The Kier molecular flexibility index (Phi) is 4.73. The van der Waals surface area contributed by atoms with Gasteiger partial charge in [-0.05, 0) is 30.7 Å². The summed E-state index contributed by atoms with van der Waals surface area (Å²) in [5, 5.41) is 9.94. The first kappa shape index (κ1) is 14.9. The number of rotatable bonds is 4. The average Bonchev–Trinajstić information content (AvgIpc) is 2.42. The molecular weight excluding hydrogens is 285 g/mol. The van der Waals surface area contributed by atoms with Gasteiger partial charge in [0.1, 0.15) is 17.5 Å². The molecule has 0 amide bonds. The van der Waals surface area contributed by atoms with Gasteiger partial charge in [-0.15, -0.1) is 11.8 Å². The Morgan fingerprint density at radius 1 is 1.05 bits per heavy atom. The third-order valence-corrected chi connectivity index (χ3v) is 4.01. The molecule has 2 rings (SSSR count). The van der Waals surface area contributed by atoms with Gasteiger partial charge in [0.05, 0.1) is 11.7 Å². The molecule has 0 aliphatic carbocycles. The fourth-order valence-corrected chi connectivity index (χ4v) is 2.68. The van der Waals surface area contributed by atoms with Crippen molar-refractivity contribution in [1.82, 2.24) is 0 Å². The van der Waals surface area contributed by atoms with Crippen LogP contribution in [0.3, 0.4) is 0 Å². The van der Waals surface area contributed by atoms with Crippen molar-refractivity contribution in [3.8, 4) is 0 Å². The van der Waals surface area contributed by atoms with Crippen molar-refractivity contribution in [3.05, 3.63) is 65.0 Å². The third kappa shape index (κ3) is 3.16. The molecule has 0 radical (unpaired) electrons. The van der Waals surface area contributed by atoms with Crippen LogP contribution in [-0.2, 0) is 0 Å². The van der Waals surface area contributed by atoms with Crippen molar-refractivity contribution in [1.29, 1.82) is 0 Å². The number of hydrogen-bond donors (Lipinski definition) is 1. The highest BCUT2D eigenvalue weighted by atomic mass is 32.2. The second-order valence-electron chi connectivity index (χ2n) is 4.35. The highest BCUT2D eigenvalue weighted by Gasteiger charge is 2.20. The Bertz CT molecular complexity index is 616. The third-order valence-electron chi connectivity index (χ3n) is 2.89. The van der Waals surface area contributed by atoms with Gasteiger partial charge in [-0.2, -0.15) is 0 Å². The van der Waals surface area contributed by atoms with E-state index < -0.39 is 23.6 Å². The number of aliphatic hydroxyl groups excluding tert-OH is 1. The number of aliphatic hydroxyl groups is 1. The molecule has 0 bridgehead atoms. The van der Waals surface area contributed by atoms with E-state index in [1.54, 1.807) is 18.2 Å². The minimum atomic E-state index is -1.33. The van der Waals surface area contributed by atoms with Gasteiger partial charge < -0.3 is 5.11 Å². The van der Waals surface area contributed by atoms with Crippen LogP contribution in [0.15, 0.2) is 41.3 Å². The maximum absolute atomic E-state index is 13.8. The van der Waals surface area contributed by atoms with Crippen LogP contribution in [-0.4, -0.2) is 10.9 Å². The summed E-state index contributed by atoms with van der Waals surface area (Å²) in [7, 11) is 0. The van der Waals surface area contributed by atoms with Crippen molar-refractivity contribution >= 4 is 11.8 Å². The summed E-state index contributed by atoms with van der Waals surface area (Å²) >= 11 is 1.01. The molecule has 0 aliphatic rings. The van der Waals surface area contributed by atoms with Gasteiger partial charge in [-0.1, -0.05) is 18.2 Å². The molecule has 2 aromatic rings. The summed E-state index contributed by atoms with van der Waals surface area (Å²) in [6.07, 6.45) is -1.33. The highest BCUT2D eigenvalue weighted by molar-refractivity contribution is 7.99. The smallest absolute Gasteiger partial charge is 0.136 e. The maximum Gasteiger partial charge on any atom is 0.136 e. The van der Waals surface area contributed by atoms with E-state index in [0.29, 0.717) is 4.90 Å². The summed E-state index contributed by atoms with van der Waals surface area (Å²) in [6.45, 7) is 1.50. The Balaban J connectivity index is 2.15. The van der Waals surface area contributed by atoms with Gasteiger partial charge in [-0.3, -0.25) is 0 Å². The lowest BCUT2D eigenvalue weighted by Gasteiger charge is -2.14. The molecule has 5 heteroatoms. The minimum Gasteiger partial charge on any atom is -0.387 e. The fourth-order valence-electron chi connectivity index (χ4n) is 1.80. The van der Waals surface area contributed by atoms with Crippen molar-refractivity contribution in [2.75, 3.05) is 5.75 Å². The van der Waals surface area contributed by atoms with Crippen LogP contribution in [0.2, 0.25) is 0 Å². The number of benzene rings is 2. The zero-order valence-electron chi connectivity index (χ0n) is 10.7. The van der Waals surface area contributed by atoms with E-state index >= 15 is 0 Å². The molecule has 0 saturated heterocycles. The summed E-state index contributed by atoms with van der Waals surface area (Å²) in [5.74, 6) is -2.01. The lowest BCUT2D eigenvalue weighted by molar-refractivity contribution is 0.193.